The van der Waals surface area contributed by atoms with Gasteiger partial charge in [-0.05, 0) is 19.4 Å². The van der Waals surface area contributed by atoms with Crippen molar-refractivity contribution >= 4 is 5.97 Å². The Morgan fingerprint density at radius 1 is 1.75 bits per heavy atom. The highest BCUT2D eigenvalue weighted by Gasteiger charge is 2.32. The fraction of sp³-hybridized carbons (Fsp3) is 0.875. The maximum atomic E-state index is 10.6. The highest BCUT2D eigenvalue weighted by atomic mass is 16.5. The number of carboxylic acids is 1. The summed E-state index contributed by atoms with van der Waals surface area (Å²) in [5.74, 6) is -0.811. The van der Waals surface area contributed by atoms with Crippen LogP contribution in [0.4, 0.5) is 0 Å². The van der Waals surface area contributed by atoms with Crippen LogP contribution in [0, 0.1) is 0 Å². The minimum Gasteiger partial charge on any atom is -0.480 e. The third kappa shape index (κ3) is 2.19. The van der Waals surface area contributed by atoms with Gasteiger partial charge in [-0.3, -0.25) is 4.79 Å². The van der Waals surface area contributed by atoms with Gasteiger partial charge in [0.1, 0.15) is 6.04 Å². The molecule has 1 fully saturated rings. The first-order valence-electron chi connectivity index (χ1n) is 4.33. The molecular weight excluding hydrogens is 158 g/mol. The van der Waals surface area contributed by atoms with Crippen LogP contribution in [-0.2, 0) is 9.53 Å². The molecule has 0 bridgehead atoms. The van der Waals surface area contributed by atoms with Crippen LogP contribution >= 0.6 is 0 Å². The van der Waals surface area contributed by atoms with Crippen molar-refractivity contribution in [2.45, 2.75) is 31.9 Å². The monoisotopic (exact) mass is 173 g/mol. The van der Waals surface area contributed by atoms with E-state index >= 15 is 0 Å². The topological polar surface area (TPSA) is 58.6 Å². The van der Waals surface area contributed by atoms with Crippen LogP contribution in [0.2, 0.25) is 0 Å². The number of aliphatic carboxylic acids is 1. The van der Waals surface area contributed by atoms with Crippen molar-refractivity contribution in [2.75, 3.05) is 13.2 Å². The molecule has 70 valence electrons. The van der Waals surface area contributed by atoms with Crippen molar-refractivity contribution in [2.24, 2.45) is 0 Å². The summed E-state index contributed by atoms with van der Waals surface area (Å²) in [6, 6.07) is -0.503. The molecule has 0 aromatic heterocycles. The second-order valence-corrected chi connectivity index (χ2v) is 2.97. The predicted octanol–water partition coefficient (Wildman–Crippen LogP) is 0.228. The molecule has 1 aliphatic rings. The lowest BCUT2D eigenvalue weighted by molar-refractivity contribution is -0.142. The van der Waals surface area contributed by atoms with E-state index in [9.17, 15) is 4.79 Å². The number of rotatable bonds is 4. The Balaban J connectivity index is 2.35. The van der Waals surface area contributed by atoms with E-state index in [2.05, 4.69) is 5.32 Å². The number of nitrogens with one attached hydrogen (secondary N) is 1. The minimum absolute atomic E-state index is 0.137. The van der Waals surface area contributed by atoms with E-state index in [0.717, 1.165) is 19.4 Å². The minimum atomic E-state index is -0.811. The molecule has 4 nitrogen and oxygen atoms in total. The van der Waals surface area contributed by atoms with Crippen LogP contribution < -0.4 is 5.32 Å². The van der Waals surface area contributed by atoms with Gasteiger partial charge in [0.05, 0.1) is 6.10 Å². The van der Waals surface area contributed by atoms with Crippen LogP contribution in [0.5, 0.6) is 0 Å². The Morgan fingerprint density at radius 3 is 3.08 bits per heavy atom. The van der Waals surface area contributed by atoms with Crippen LogP contribution in [0.1, 0.15) is 19.8 Å². The molecule has 1 heterocycles. The van der Waals surface area contributed by atoms with Crippen molar-refractivity contribution in [3.8, 4) is 0 Å². The van der Waals surface area contributed by atoms with E-state index in [1.807, 2.05) is 6.92 Å². The smallest absolute Gasteiger partial charge is 0.323 e. The first-order chi connectivity index (χ1) is 5.75. The Hall–Kier alpha value is -0.610. The molecule has 2 N–H and O–H groups in total. The number of hydrogen-bond donors (Lipinski definition) is 2. The number of carbonyl (C=O) groups is 1. The van der Waals surface area contributed by atoms with E-state index in [1.165, 1.54) is 0 Å². The Morgan fingerprint density at radius 2 is 2.50 bits per heavy atom. The third-order valence-electron chi connectivity index (χ3n) is 1.97. The van der Waals surface area contributed by atoms with Gasteiger partial charge in [0.15, 0.2) is 0 Å². The second kappa shape index (κ2) is 4.42. The van der Waals surface area contributed by atoms with Crippen LogP contribution in [0.3, 0.4) is 0 Å². The largest absolute Gasteiger partial charge is 0.480 e. The molecule has 4 heteroatoms. The average Bonchev–Trinajstić information content (AvgIpc) is 2.48. The Bertz CT molecular complexity index is 160. The van der Waals surface area contributed by atoms with E-state index in [0.29, 0.717) is 6.61 Å². The summed E-state index contributed by atoms with van der Waals surface area (Å²) in [6.45, 7) is 3.40. The van der Waals surface area contributed by atoms with E-state index < -0.39 is 12.0 Å². The maximum Gasteiger partial charge on any atom is 0.323 e. The van der Waals surface area contributed by atoms with Gasteiger partial charge in [-0.15, -0.1) is 0 Å². The fourth-order valence-electron chi connectivity index (χ4n) is 1.37. The lowest BCUT2D eigenvalue weighted by atomic mass is 10.2. The first kappa shape index (κ1) is 9.48. The van der Waals surface area contributed by atoms with Gasteiger partial charge in [0, 0.05) is 6.61 Å². The lowest BCUT2D eigenvalue weighted by Crippen LogP contribution is -2.39. The van der Waals surface area contributed by atoms with Gasteiger partial charge < -0.3 is 15.2 Å². The molecule has 0 aliphatic carbocycles. The summed E-state index contributed by atoms with van der Waals surface area (Å²) in [7, 11) is 0. The summed E-state index contributed by atoms with van der Waals surface area (Å²) < 4.78 is 5.38. The molecule has 12 heavy (non-hydrogen) atoms. The summed E-state index contributed by atoms with van der Waals surface area (Å²) in [6.07, 6.45) is 1.60. The van der Waals surface area contributed by atoms with Gasteiger partial charge in [-0.25, -0.2) is 0 Å². The summed E-state index contributed by atoms with van der Waals surface area (Å²) in [5, 5.41) is 11.6. The van der Waals surface area contributed by atoms with E-state index in [4.69, 9.17) is 9.84 Å². The van der Waals surface area contributed by atoms with Crippen LogP contribution in [-0.4, -0.2) is 36.4 Å². The van der Waals surface area contributed by atoms with Gasteiger partial charge in [0.25, 0.3) is 0 Å². The molecule has 2 atom stereocenters. The van der Waals surface area contributed by atoms with Crippen molar-refractivity contribution in [3.05, 3.63) is 0 Å². The molecule has 1 saturated heterocycles. The quantitative estimate of drug-likeness (QED) is 0.639. The maximum absolute atomic E-state index is 10.6. The Labute approximate surface area is 71.9 Å². The molecule has 0 unspecified atom stereocenters. The summed E-state index contributed by atoms with van der Waals surface area (Å²) in [5.41, 5.74) is 0. The van der Waals surface area contributed by atoms with Gasteiger partial charge in [-0.2, -0.15) is 0 Å². The van der Waals surface area contributed by atoms with Gasteiger partial charge >= 0.3 is 5.97 Å². The fourth-order valence-corrected chi connectivity index (χ4v) is 1.37. The second-order valence-electron chi connectivity index (χ2n) is 2.97. The molecule has 0 saturated carbocycles. The summed E-state index contributed by atoms with van der Waals surface area (Å²) >= 11 is 0. The van der Waals surface area contributed by atoms with Crippen LogP contribution in [0.15, 0.2) is 0 Å². The zero-order chi connectivity index (χ0) is 8.97. The number of ether oxygens (including phenoxy) is 1. The van der Waals surface area contributed by atoms with E-state index in [1.54, 1.807) is 0 Å². The zero-order valence-corrected chi connectivity index (χ0v) is 7.25. The van der Waals surface area contributed by atoms with Gasteiger partial charge in [0.2, 0.25) is 0 Å². The van der Waals surface area contributed by atoms with E-state index in [-0.39, 0.29) is 6.10 Å². The number of carboxylic acid groups (broad SMARTS) is 1. The zero-order valence-electron chi connectivity index (χ0n) is 7.25. The molecule has 1 rings (SSSR count). The highest BCUT2D eigenvalue weighted by molar-refractivity contribution is 5.74. The van der Waals surface area contributed by atoms with Crippen molar-refractivity contribution in [1.82, 2.24) is 5.32 Å². The van der Waals surface area contributed by atoms with Gasteiger partial charge in [-0.1, -0.05) is 6.92 Å². The molecule has 0 aromatic carbocycles. The number of hydrogen-bond acceptors (Lipinski definition) is 3. The molecule has 0 radical (unpaired) electrons. The van der Waals surface area contributed by atoms with Crippen LogP contribution in [0.25, 0.3) is 0 Å². The molecule has 1 aliphatic heterocycles. The van der Waals surface area contributed by atoms with Crippen molar-refractivity contribution in [1.29, 1.82) is 0 Å². The normalized spacial score (nSPS) is 29.1. The molecule has 0 spiro atoms. The Kier molecular flexibility index (Phi) is 3.49. The molecule has 0 amide bonds. The first-order valence-corrected chi connectivity index (χ1v) is 4.33. The summed E-state index contributed by atoms with van der Waals surface area (Å²) in [4.78, 5) is 10.6. The third-order valence-corrected chi connectivity index (χ3v) is 1.97. The predicted molar refractivity (Wildman–Crippen MR) is 44.1 cm³/mol. The van der Waals surface area contributed by atoms with Crippen molar-refractivity contribution < 1.29 is 14.6 Å². The van der Waals surface area contributed by atoms with Crippen molar-refractivity contribution in [3.63, 3.8) is 0 Å². The standard InChI is InChI=1S/C8H15NO3/c1-2-5-12-6-3-4-9-7(6)8(10)11/h6-7,9H,2-5H2,1H3,(H,10,11)/t6-,7-/m0/s1. The molecule has 0 aromatic rings. The lowest BCUT2D eigenvalue weighted by Gasteiger charge is -2.15. The highest BCUT2D eigenvalue weighted by Crippen LogP contribution is 2.11. The molecular formula is C8H15NO3. The SMILES string of the molecule is CCCO[C@H]1CCN[C@@H]1C(=O)O. The average molecular weight is 173 g/mol.